The Balaban J connectivity index is 1.88. The second-order valence-corrected chi connectivity index (χ2v) is 5.21. The van der Waals surface area contributed by atoms with Gasteiger partial charge in [0.05, 0.1) is 5.60 Å². The first-order chi connectivity index (χ1) is 8.12. The van der Waals surface area contributed by atoms with Crippen molar-refractivity contribution in [3.63, 3.8) is 0 Å². The molecule has 1 aliphatic rings. The molecule has 4 heteroatoms. The zero-order chi connectivity index (χ0) is 12.3. The van der Waals surface area contributed by atoms with Crippen LogP contribution >= 0.6 is 0 Å². The quantitative estimate of drug-likeness (QED) is 0.866. The summed E-state index contributed by atoms with van der Waals surface area (Å²) >= 11 is 0. The van der Waals surface area contributed by atoms with Gasteiger partial charge in [0.25, 0.3) is 0 Å². The molecule has 0 radical (unpaired) electrons. The van der Waals surface area contributed by atoms with E-state index < -0.39 is 0 Å². The fraction of sp³-hybridized carbons (Fsp3) is 0.769. The molecule has 96 valence electrons. The number of ether oxygens (including phenoxy) is 1. The number of hydrogen-bond donors (Lipinski definition) is 1. The lowest BCUT2D eigenvalue weighted by molar-refractivity contribution is -0.0823. The van der Waals surface area contributed by atoms with Gasteiger partial charge in [-0.1, -0.05) is 0 Å². The summed E-state index contributed by atoms with van der Waals surface area (Å²) < 4.78 is 7.79. The van der Waals surface area contributed by atoms with Gasteiger partial charge in [0.1, 0.15) is 0 Å². The van der Waals surface area contributed by atoms with Crippen molar-refractivity contribution in [2.45, 2.75) is 50.7 Å². The van der Waals surface area contributed by atoms with E-state index in [0.29, 0.717) is 0 Å². The zero-order valence-electron chi connectivity index (χ0n) is 10.9. The van der Waals surface area contributed by atoms with Crippen LogP contribution in [-0.2, 0) is 18.2 Å². The first-order valence-corrected chi connectivity index (χ1v) is 6.48. The van der Waals surface area contributed by atoms with Crippen LogP contribution in [0, 0.1) is 0 Å². The fourth-order valence-electron chi connectivity index (χ4n) is 2.50. The smallest absolute Gasteiger partial charge is 0.0804 e. The highest BCUT2D eigenvalue weighted by Crippen LogP contribution is 2.28. The predicted molar refractivity (Wildman–Crippen MR) is 67.7 cm³/mol. The Bertz CT molecular complexity index is 355. The molecule has 1 aromatic rings. The fourth-order valence-corrected chi connectivity index (χ4v) is 2.50. The summed E-state index contributed by atoms with van der Waals surface area (Å²) in [4.78, 5) is 0. The normalized spacial score (nSPS) is 27.0. The molecule has 0 aliphatic carbocycles. The minimum atomic E-state index is -0.128. The van der Waals surface area contributed by atoms with Crippen molar-refractivity contribution in [2.75, 3.05) is 6.61 Å². The summed E-state index contributed by atoms with van der Waals surface area (Å²) in [6, 6.07) is 2.16. The Morgan fingerprint density at radius 2 is 2.41 bits per heavy atom. The summed E-state index contributed by atoms with van der Waals surface area (Å²) in [6.07, 6.45) is 7.24. The molecule has 1 saturated heterocycles. The lowest BCUT2D eigenvalue weighted by atomic mass is 9.86. The topological polar surface area (TPSA) is 53.1 Å². The summed E-state index contributed by atoms with van der Waals surface area (Å²) in [5, 5.41) is 4.17. The van der Waals surface area contributed by atoms with E-state index in [-0.39, 0.29) is 11.6 Å². The van der Waals surface area contributed by atoms with Crippen LogP contribution in [0.5, 0.6) is 0 Å². The monoisotopic (exact) mass is 237 g/mol. The second-order valence-electron chi connectivity index (χ2n) is 5.21. The number of nitrogens with zero attached hydrogens (tertiary/aromatic N) is 2. The summed E-state index contributed by atoms with van der Waals surface area (Å²) in [5.74, 6) is 0. The molecular formula is C13H23N3O. The van der Waals surface area contributed by atoms with Crippen molar-refractivity contribution in [1.82, 2.24) is 9.78 Å². The van der Waals surface area contributed by atoms with Gasteiger partial charge in [-0.05, 0) is 45.1 Å². The van der Waals surface area contributed by atoms with E-state index in [0.717, 1.165) is 25.9 Å². The van der Waals surface area contributed by atoms with Crippen molar-refractivity contribution in [3.8, 4) is 0 Å². The molecule has 1 aliphatic heterocycles. The molecular weight excluding hydrogens is 214 g/mol. The maximum absolute atomic E-state index is 6.29. The predicted octanol–water partition coefficient (Wildman–Crippen LogP) is 1.64. The maximum atomic E-state index is 6.29. The van der Waals surface area contributed by atoms with Crippen LogP contribution in [0.2, 0.25) is 0 Å². The van der Waals surface area contributed by atoms with E-state index in [1.165, 1.54) is 18.5 Å². The number of hydrogen-bond acceptors (Lipinski definition) is 3. The third-order valence-electron chi connectivity index (χ3n) is 3.92. The highest BCUT2D eigenvalue weighted by Gasteiger charge is 2.34. The highest BCUT2D eigenvalue weighted by atomic mass is 16.5. The van der Waals surface area contributed by atoms with Crippen LogP contribution < -0.4 is 5.73 Å². The van der Waals surface area contributed by atoms with Crippen molar-refractivity contribution in [3.05, 3.63) is 18.0 Å². The van der Waals surface area contributed by atoms with Gasteiger partial charge in [-0.15, -0.1) is 0 Å². The van der Waals surface area contributed by atoms with Gasteiger partial charge in [-0.3, -0.25) is 4.68 Å². The Labute approximate surface area is 103 Å². The third-order valence-corrected chi connectivity index (χ3v) is 3.92. The molecule has 0 aromatic carbocycles. The van der Waals surface area contributed by atoms with Crippen molar-refractivity contribution < 1.29 is 4.74 Å². The van der Waals surface area contributed by atoms with Crippen LogP contribution in [0.3, 0.4) is 0 Å². The van der Waals surface area contributed by atoms with Crippen molar-refractivity contribution in [2.24, 2.45) is 12.8 Å². The van der Waals surface area contributed by atoms with Crippen LogP contribution in [0.1, 0.15) is 38.3 Å². The molecule has 0 amide bonds. The zero-order valence-corrected chi connectivity index (χ0v) is 10.9. The van der Waals surface area contributed by atoms with Crippen LogP contribution in [0.25, 0.3) is 0 Å². The van der Waals surface area contributed by atoms with Gasteiger partial charge in [-0.25, -0.2) is 0 Å². The van der Waals surface area contributed by atoms with E-state index in [9.17, 15) is 0 Å². The molecule has 2 N–H and O–H groups in total. The molecule has 2 rings (SSSR count). The van der Waals surface area contributed by atoms with E-state index >= 15 is 0 Å². The van der Waals surface area contributed by atoms with Crippen LogP contribution in [0.15, 0.2) is 12.3 Å². The lowest BCUT2D eigenvalue weighted by Crippen LogP contribution is -2.49. The molecule has 0 saturated carbocycles. The molecule has 2 unspecified atom stereocenters. The minimum absolute atomic E-state index is 0.109. The van der Waals surface area contributed by atoms with Crippen LogP contribution in [-0.4, -0.2) is 28.0 Å². The summed E-state index contributed by atoms with van der Waals surface area (Å²) in [7, 11) is 1.97. The molecule has 4 nitrogen and oxygen atoms in total. The number of aromatic nitrogens is 2. The summed E-state index contributed by atoms with van der Waals surface area (Å²) in [5.41, 5.74) is 7.40. The minimum Gasteiger partial charge on any atom is -0.374 e. The van der Waals surface area contributed by atoms with Gasteiger partial charge in [0, 0.05) is 31.6 Å². The van der Waals surface area contributed by atoms with Gasteiger partial charge in [0.2, 0.25) is 0 Å². The molecule has 1 aromatic heterocycles. The maximum Gasteiger partial charge on any atom is 0.0804 e. The number of aryl methyl sites for hydroxylation is 2. The Kier molecular flexibility index (Phi) is 3.84. The van der Waals surface area contributed by atoms with E-state index in [1.807, 2.05) is 17.9 Å². The molecule has 2 heterocycles. The van der Waals surface area contributed by atoms with Gasteiger partial charge in [-0.2, -0.15) is 5.10 Å². The first-order valence-electron chi connectivity index (χ1n) is 6.48. The Morgan fingerprint density at radius 3 is 3.00 bits per heavy atom. The first kappa shape index (κ1) is 12.6. The Hall–Kier alpha value is -0.870. The van der Waals surface area contributed by atoms with Gasteiger partial charge >= 0.3 is 0 Å². The van der Waals surface area contributed by atoms with Gasteiger partial charge in [0.15, 0.2) is 0 Å². The largest absolute Gasteiger partial charge is 0.374 e. The average molecular weight is 237 g/mol. The van der Waals surface area contributed by atoms with E-state index in [1.54, 1.807) is 0 Å². The SMILES string of the molecule is Cn1nccc1CCC(N)C1(C)CCCCO1. The Morgan fingerprint density at radius 1 is 1.59 bits per heavy atom. The number of rotatable bonds is 4. The summed E-state index contributed by atoms with van der Waals surface area (Å²) in [6.45, 7) is 3.01. The van der Waals surface area contributed by atoms with E-state index in [2.05, 4.69) is 18.1 Å². The van der Waals surface area contributed by atoms with Crippen LogP contribution in [0.4, 0.5) is 0 Å². The highest BCUT2D eigenvalue weighted by molar-refractivity contribution is 5.01. The molecule has 17 heavy (non-hydrogen) atoms. The van der Waals surface area contributed by atoms with Gasteiger partial charge < -0.3 is 10.5 Å². The standard InChI is InChI=1S/C13H23N3O/c1-13(8-3-4-10-17-13)12(14)6-5-11-7-9-15-16(11)2/h7,9,12H,3-6,8,10,14H2,1-2H3. The van der Waals surface area contributed by atoms with Crippen molar-refractivity contribution >= 4 is 0 Å². The van der Waals surface area contributed by atoms with E-state index in [4.69, 9.17) is 10.5 Å². The average Bonchev–Trinajstić information content (AvgIpc) is 2.73. The second kappa shape index (κ2) is 5.19. The molecule has 0 bridgehead atoms. The number of nitrogens with two attached hydrogens (primary N) is 1. The lowest BCUT2D eigenvalue weighted by Gasteiger charge is -2.38. The molecule has 2 atom stereocenters. The molecule has 0 spiro atoms. The third kappa shape index (κ3) is 2.87. The molecule has 1 fully saturated rings. The van der Waals surface area contributed by atoms with Crippen molar-refractivity contribution in [1.29, 1.82) is 0 Å².